The highest BCUT2D eigenvalue weighted by Gasteiger charge is 2.17. The summed E-state index contributed by atoms with van der Waals surface area (Å²) in [5.41, 5.74) is 0.376. The molecule has 2 rings (SSSR count). The minimum atomic E-state index is -0.262. The van der Waals surface area contributed by atoms with Gasteiger partial charge in [0.25, 0.3) is 5.91 Å². The first-order chi connectivity index (χ1) is 10.2. The molecule has 7 heteroatoms. The Morgan fingerprint density at radius 1 is 1.33 bits per heavy atom. The summed E-state index contributed by atoms with van der Waals surface area (Å²) >= 11 is 5.77. The number of nitrogens with zero attached hydrogens (tertiary/aromatic N) is 2. The molecule has 0 bridgehead atoms. The summed E-state index contributed by atoms with van der Waals surface area (Å²) < 4.78 is 12.1. The van der Waals surface area contributed by atoms with Gasteiger partial charge in [-0.15, -0.1) is 0 Å². The Morgan fingerprint density at radius 2 is 2.00 bits per heavy atom. The summed E-state index contributed by atoms with van der Waals surface area (Å²) in [6.45, 7) is 0.938. The molecule has 0 spiro atoms. The number of carbonyl (C=O) groups is 1. The van der Waals surface area contributed by atoms with Crippen molar-refractivity contribution in [2.75, 3.05) is 20.8 Å². The maximum absolute atomic E-state index is 12.3. The summed E-state index contributed by atoms with van der Waals surface area (Å²) in [7, 11) is 3.02. The predicted molar refractivity (Wildman–Crippen MR) is 79.1 cm³/mol. The Bertz CT molecular complexity index is 605. The highest BCUT2D eigenvalue weighted by Crippen LogP contribution is 2.27. The van der Waals surface area contributed by atoms with E-state index in [2.05, 4.69) is 10.4 Å². The number of halogens is 1. The number of benzene rings is 1. The molecule has 0 fully saturated rings. The van der Waals surface area contributed by atoms with Gasteiger partial charge in [-0.05, 0) is 12.1 Å². The normalized spacial score (nSPS) is 10.2. The Balaban J connectivity index is 2.03. The van der Waals surface area contributed by atoms with Gasteiger partial charge in [-0.1, -0.05) is 17.7 Å². The summed E-state index contributed by atoms with van der Waals surface area (Å²) in [5, 5.41) is 7.40. The average molecular weight is 310 g/mol. The van der Waals surface area contributed by atoms with Gasteiger partial charge in [0.1, 0.15) is 17.1 Å². The number of methoxy groups -OCH3 is 2. The number of aromatic nitrogens is 2. The molecule has 1 N–H and O–H groups in total. The van der Waals surface area contributed by atoms with Crippen molar-refractivity contribution in [1.29, 1.82) is 0 Å². The van der Waals surface area contributed by atoms with E-state index in [0.717, 1.165) is 0 Å². The van der Waals surface area contributed by atoms with E-state index in [0.29, 0.717) is 35.2 Å². The van der Waals surface area contributed by atoms with Crippen LogP contribution >= 0.6 is 11.6 Å². The van der Waals surface area contributed by atoms with E-state index in [1.165, 1.54) is 14.2 Å². The van der Waals surface area contributed by atoms with E-state index in [9.17, 15) is 4.79 Å². The lowest BCUT2D eigenvalue weighted by molar-refractivity contribution is 0.0945. The Labute approximate surface area is 127 Å². The van der Waals surface area contributed by atoms with Crippen molar-refractivity contribution in [3.63, 3.8) is 0 Å². The summed E-state index contributed by atoms with van der Waals surface area (Å²) in [4.78, 5) is 12.3. The van der Waals surface area contributed by atoms with Crippen LogP contribution in [0.3, 0.4) is 0 Å². The van der Waals surface area contributed by atoms with E-state index >= 15 is 0 Å². The fourth-order valence-electron chi connectivity index (χ4n) is 1.91. The summed E-state index contributed by atoms with van der Waals surface area (Å²) in [6, 6.07) is 5.19. The van der Waals surface area contributed by atoms with Crippen molar-refractivity contribution >= 4 is 17.5 Å². The number of amides is 1. The minimum absolute atomic E-state index is 0.262. The molecule has 2 aromatic rings. The molecule has 0 saturated carbocycles. The third-order valence-corrected chi connectivity index (χ3v) is 3.08. The summed E-state index contributed by atoms with van der Waals surface area (Å²) in [5.74, 6) is 0.672. The second kappa shape index (κ2) is 6.99. The molecule has 112 valence electrons. The van der Waals surface area contributed by atoms with Gasteiger partial charge < -0.3 is 14.8 Å². The largest absolute Gasteiger partial charge is 0.496 e. The van der Waals surface area contributed by atoms with Crippen molar-refractivity contribution in [3.8, 4) is 11.5 Å². The van der Waals surface area contributed by atoms with E-state index in [1.54, 1.807) is 35.3 Å². The standard InChI is InChI=1S/C14H16ClN3O3/c1-20-11-4-3-5-12(21-2)13(11)14(19)16-6-7-18-9-10(15)8-17-18/h3-5,8-9H,6-7H2,1-2H3,(H,16,19). The maximum atomic E-state index is 12.3. The lowest BCUT2D eigenvalue weighted by atomic mass is 10.1. The SMILES string of the molecule is COc1cccc(OC)c1C(=O)NCCn1cc(Cl)cn1. The van der Waals surface area contributed by atoms with Gasteiger partial charge in [-0.25, -0.2) is 0 Å². The molecule has 21 heavy (non-hydrogen) atoms. The summed E-state index contributed by atoms with van der Waals surface area (Å²) in [6.07, 6.45) is 3.24. The van der Waals surface area contributed by atoms with Crippen LogP contribution in [0, 0.1) is 0 Å². The molecule has 0 unspecified atom stereocenters. The minimum Gasteiger partial charge on any atom is -0.496 e. The topological polar surface area (TPSA) is 65.4 Å². The average Bonchev–Trinajstić information content (AvgIpc) is 2.91. The Morgan fingerprint density at radius 3 is 2.52 bits per heavy atom. The first-order valence-corrected chi connectivity index (χ1v) is 6.70. The predicted octanol–water partition coefficient (Wildman–Crippen LogP) is 1.98. The van der Waals surface area contributed by atoms with Crippen molar-refractivity contribution in [3.05, 3.63) is 41.2 Å². The zero-order valence-corrected chi connectivity index (χ0v) is 12.6. The lowest BCUT2D eigenvalue weighted by Crippen LogP contribution is -2.28. The van der Waals surface area contributed by atoms with Crippen LogP contribution in [0.25, 0.3) is 0 Å². The van der Waals surface area contributed by atoms with Crippen LogP contribution in [-0.2, 0) is 6.54 Å². The van der Waals surface area contributed by atoms with Crippen LogP contribution in [0.5, 0.6) is 11.5 Å². The van der Waals surface area contributed by atoms with E-state index < -0.39 is 0 Å². The quantitative estimate of drug-likeness (QED) is 0.886. The Hall–Kier alpha value is -2.21. The van der Waals surface area contributed by atoms with Gasteiger partial charge in [-0.3, -0.25) is 9.48 Å². The third-order valence-electron chi connectivity index (χ3n) is 2.88. The van der Waals surface area contributed by atoms with Crippen molar-refractivity contribution in [1.82, 2.24) is 15.1 Å². The number of ether oxygens (including phenoxy) is 2. The fraction of sp³-hybridized carbons (Fsp3) is 0.286. The monoisotopic (exact) mass is 309 g/mol. The molecule has 1 aromatic carbocycles. The molecular formula is C14H16ClN3O3. The first-order valence-electron chi connectivity index (χ1n) is 6.33. The zero-order valence-electron chi connectivity index (χ0n) is 11.8. The van der Waals surface area contributed by atoms with Gasteiger partial charge in [-0.2, -0.15) is 5.10 Å². The fourth-order valence-corrected chi connectivity index (χ4v) is 2.06. The molecule has 1 amide bonds. The van der Waals surface area contributed by atoms with Gasteiger partial charge in [0.15, 0.2) is 0 Å². The molecule has 1 aromatic heterocycles. The first kappa shape index (κ1) is 15.2. The number of nitrogens with one attached hydrogen (secondary N) is 1. The molecule has 0 atom stereocenters. The molecule has 0 aliphatic carbocycles. The van der Waals surface area contributed by atoms with Crippen molar-refractivity contribution < 1.29 is 14.3 Å². The molecule has 0 aliphatic rings. The highest BCUT2D eigenvalue weighted by molar-refractivity contribution is 6.30. The van der Waals surface area contributed by atoms with Gasteiger partial charge in [0.05, 0.1) is 32.0 Å². The molecule has 0 aliphatic heterocycles. The second-order valence-electron chi connectivity index (χ2n) is 4.22. The van der Waals surface area contributed by atoms with E-state index in [4.69, 9.17) is 21.1 Å². The third kappa shape index (κ3) is 3.66. The molecule has 0 radical (unpaired) electrons. The number of hydrogen-bond donors (Lipinski definition) is 1. The van der Waals surface area contributed by atoms with Crippen LogP contribution in [-0.4, -0.2) is 36.5 Å². The number of carbonyl (C=O) groups excluding carboxylic acids is 1. The van der Waals surface area contributed by atoms with Crippen LogP contribution in [0.2, 0.25) is 5.02 Å². The maximum Gasteiger partial charge on any atom is 0.258 e. The number of rotatable bonds is 6. The Kier molecular flexibility index (Phi) is 5.05. The van der Waals surface area contributed by atoms with Crippen molar-refractivity contribution in [2.24, 2.45) is 0 Å². The van der Waals surface area contributed by atoms with E-state index in [1.807, 2.05) is 0 Å². The molecule has 0 saturated heterocycles. The second-order valence-corrected chi connectivity index (χ2v) is 4.65. The van der Waals surface area contributed by atoms with Crippen molar-refractivity contribution in [2.45, 2.75) is 6.54 Å². The van der Waals surface area contributed by atoms with Crippen LogP contribution in [0.4, 0.5) is 0 Å². The number of hydrogen-bond acceptors (Lipinski definition) is 4. The van der Waals surface area contributed by atoms with E-state index in [-0.39, 0.29) is 5.91 Å². The van der Waals surface area contributed by atoms with Gasteiger partial charge >= 0.3 is 0 Å². The highest BCUT2D eigenvalue weighted by atomic mass is 35.5. The molecular weight excluding hydrogens is 294 g/mol. The zero-order chi connectivity index (χ0) is 15.2. The lowest BCUT2D eigenvalue weighted by Gasteiger charge is -2.13. The van der Waals surface area contributed by atoms with Crippen LogP contribution in [0.1, 0.15) is 10.4 Å². The molecule has 6 nitrogen and oxygen atoms in total. The van der Waals surface area contributed by atoms with Gasteiger partial charge in [0, 0.05) is 12.7 Å². The smallest absolute Gasteiger partial charge is 0.258 e. The molecule has 1 heterocycles. The van der Waals surface area contributed by atoms with Gasteiger partial charge in [0.2, 0.25) is 0 Å². The van der Waals surface area contributed by atoms with Crippen LogP contribution < -0.4 is 14.8 Å². The van der Waals surface area contributed by atoms with Crippen LogP contribution in [0.15, 0.2) is 30.6 Å².